The number of thiophene rings is 1. The van der Waals surface area contributed by atoms with Crippen LogP contribution in [0.25, 0.3) is 0 Å². The van der Waals surface area contributed by atoms with Crippen molar-refractivity contribution >= 4 is 34.1 Å². The lowest BCUT2D eigenvalue weighted by Crippen LogP contribution is -2.45. The van der Waals surface area contributed by atoms with Gasteiger partial charge in [-0.1, -0.05) is 19.1 Å². The van der Waals surface area contributed by atoms with Crippen LogP contribution in [0.15, 0.2) is 24.3 Å². The molecular weight excluding hydrogens is 374 g/mol. The van der Waals surface area contributed by atoms with Crippen LogP contribution in [-0.4, -0.2) is 28.7 Å². The van der Waals surface area contributed by atoms with Gasteiger partial charge in [-0.3, -0.25) is 19.3 Å². The molecule has 1 aliphatic carbocycles. The summed E-state index contributed by atoms with van der Waals surface area (Å²) in [4.78, 5) is 40.2. The number of carbonyl (C=O) groups excluding carboxylic acids is 3. The van der Waals surface area contributed by atoms with Gasteiger partial charge in [0.2, 0.25) is 5.91 Å². The molecule has 1 aromatic heterocycles. The Kier molecular flexibility index (Phi) is 4.52. The van der Waals surface area contributed by atoms with Crippen molar-refractivity contribution in [2.75, 3.05) is 5.32 Å². The molecule has 2 aliphatic rings. The molecule has 142 valence electrons. The topological polar surface area (TPSA) is 90.3 Å². The molecule has 4 rings (SSSR count). The van der Waals surface area contributed by atoms with Crippen LogP contribution in [0.5, 0.6) is 0 Å². The van der Waals surface area contributed by atoms with Gasteiger partial charge in [0.1, 0.15) is 17.1 Å². The Morgan fingerprint density at radius 2 is 1.93 bits per heavy atom. The van der Waals surface area contributed by atoms with Gasteiger partial charge in [-0.05, 0) is 49.8 Å². The molecule has 3 amide bonds. The zero-order valence-electron chi connectivity index (χ0n) is 15.6. The Labute approximate surface area is 166 Å². The van der Waals surface area contributed by atoms with Gasteiger partial charge in [-0.15, -0.1) is 11.3 Å². The summed E-state index contributed by atoms with van der Waals surface area (Å²) in [6.07, 6.45) is 2.76. The van der Waals surface area contributed by atoms with E-state index in [9.17, 15) is 19.6 Å². The summed E-state index contributed by atoms with van der Waals surface area (Å²) < 4.78 is 0. The fourth-order valence-corrected chi connectivity index (χ4v) is 5.21. The van der Waals surface area contributed by atoms with E-state index in [0.29, 0.717) is 27.6 Å². The standard InChI is InChI=1S/C21H19N3O3S/c1-11-7-8-13-16(10-22)19(28-17(13)9-11)23-18(25)12(2)24-20(26)14-5-3-4-6-15(14)21(24)27/h3-6,11-12H,7-9H2,1-2H3,(H,23,25)/t11-,12-/m1/s1. The number of carbonyl (C=O) groups is 3. The van der Waals surface area contributed by atoms with Crippen molar-refractivity contribution in [1.82, 2.24) is 4.90 Å². The van der Waals surface area contributed by atoms with E-state index in [2.05, 4.69) is 18.3 Å². The number of benzene rings is 1. The molecule has 2 atom stereocenters. The van der Waals surface area contributed by atoms with Crippen LogP contribution in [0.3, 0.4) is 0 Å². The molecule has 0 unspecified atom stereocenters. The number of rotatable bonds is 3. The van der Waals surface area contributed by atoms with Crippen molar-refractivity contribution in [3.05, 3.63) is 51.4 Å². The Hall–Kier alpha value is -2.98. The van der Waals surface area contributed by atoms with E-state index in [1.807, 2.05) is 0 Å². The van der Waals surface area contributed by atoms with Crippen molar-refractivity contribution < 1.29 is 14.4 Å². The summed E-state index contributed by atoms with van der Waals surface area (Å²) in [6, 6.07) is 7.79. The third-order valence-corrected chi connectivity index (χ3v) is 6.62. The maximum absolute atomic E-state index is 12.8. The number of hydrogen-bond acceptors (Lipinski definition) is 5. The number of nitriles is 1. The van der Waals surface area contributed by atoms with Crippen LogP contribution >= 0.6 is 11.3 Å². The molecule has 0 bridgehead atoms. The van der Waals surface area contributed by atoms with E-state index in [1.54, 1.807) is 24.3 Å². The number of fused-ring (bicyclic) bond motifs is 2. The summed E-state index contributed by atoms with van der Waals surface area (Å²) in [5, 5.41) is 12.9. The largest absolute Gasteiger partial charge is 0.315 e. The van der Waals surface area contributed by atoms with Crippen LogP contribution < -0.4 is 5.32 Å². The van der Waals surface area contributed by atoms with Crippen LogP contribution in [0.1, 0.15) is 57.0 Å². The maximum Gasteiger partial charge on any atom is 0.262 e. The fraction of sp³-hybridized carbons (Fsp3) is 0.333. The fourth-order valence-electron chi connectivity index (χ4n) is 3.85. The van der Waals surface area contributed by atoms with Gasteiger partial charge in [-0.25, -0.2) is 0 Å². The van der Waals surface area contributed by atoms with Crippen LogP contribution in [0, 0.1) is 17.2 Å². The molecular formula is C21H19N3O3S. The molecule has 2 aromatic rings. The van der Waals surface area contributed by atoms with Crippen LogP contribution in [-0.2, 0) is 17.6 Å². The minimum Gasteiger partial charge on any atom is -0.315 e. The van der Waals surface area contributed by atoms with Crippen molar-refractivity contribution in [3.63, 3.8) is 0 Å². The van der Waals surface area contributed by atoms with Gasteiger partial charge in [0.15, 0.2) is 0 Å². The number of hydrogen-bond donors (Lipinski definition) is 1. The Morgan fingerprint density at radius 3 is 2.54 bits per heavy atom. The minimum absolute atomic E-state index is 0.311. The third-order valence-electron chi connectivity index (χ3n) is 5.45. The lowest BCUT2D eigenvalue weighted by molar-refractivity contribution is -0.119. The highest BCUT2D eigenvalue weighted by atomic mass is 32.1. The van der Waals surface area contributed by atoms with E-state index in [1.165, 1.54) is 18.3 Å². The van der Waals surface area contributed by atoms with Crippen LogP contribution in [0.4, 0.5) is 5.00 Å². The molecule has 6 nitrogen and oxygen atoms in total. The van der Waals surface area contributed by atoms with E-state index < -0.39 is 23.8 Å². The van der Waals surface area contributed by atoms with Gasteiger partial charge in [-0.2, -0.15) is 5.26 Å². The highest BCUT2D eigenvalue weighted by Gasteiger charge is 2.41. The Balaban J connectivity index is 1.58. The molecule has 1 aliphatic heterocycles. The van der Waals surface area contributed by atoms with Gasteiger partial charge in [0.25, 0.3) is 11.8 Å². The predicted molar refractivity (Wildman–Crippen MR) is 105 cm³/mol. The summed E-state index contributed by atoms with van der Waals surface area (Å²) >= 11 is 1.42. The van der Waals surface area contributed by atoms with Gasteiger partial charge in [0.05, 0.1) is 16.7 Å². The lowest BCUT2D eigenvalue weighted by atomic mass is 9.88. The molecule has 1 aromatic carbocycles. The number of amides is 3. The third kappa shape index (κ3) is 2.81. The number of imide groups is 1. The van der Waals surface area contributed by atoms with Gasteiger partial charge < -0.3 is 5.32 Å². The van der Waals surface area contributed by atoms with Crippen molar-refractivity contribution in [3.8, 4) is 6.07 Å². The Bertz CT molecular complexity index is 1010. The van der Waals surface area contributed by atoms with Gasteiger partial charge >= 0.3 is 0 Å². The normalized spacial score (nSPS) is 19.0. The van der Waals surface area contributed by atoms with Crippen molar-refractivity contribution in [1.29, 1.82) is 5.26 Å². The predicted octanol–water partition coefficient (Wildman–Crippen LogP) is 3.37. The highest BCUT2D eigenvalue weighted by Crippen LogP contribution is 2.39. The molecule has 0 saturated heterocycles. The smallest absolute Gasteiger partial charge is 0.262 e. The Morgan fingerprint density at radius 1 is 1.29 bits per heavy atom. The first-order valence-electron chi connectivity index (χ1n) is 9.24. The second-order valence-electron chi connectivity index (χ2n) is 7.36. The van der Waals surface area contributed by atoms with Gasteiger partial charge in [0, 0.05) is 4.88 Å². The first-order chi connectivity index (χ1) is 13.4. The first-order valence-corrected chi connectivity index (χ1v) is 10.1. The molecule has 28 heavy (non-hydrogen) atoms. The molecule has 0 radical (unpaired) electrons. The summed E-state index contributed by atoms with van der Waals surface area (Å²) in [6.45, 7) is 3.70. The highest BCUT2D eigenvalue weighted by molar-refractivity contribution is 7.16. The summed E-state index contributed by atoms with van der Waals surface area (Å²) in [5.41, 5.74) is 2.15. The molecule has 0 spiro atoms. The van der Waals surface area contributed by atoms with E-state index >= 15 is 0 Å². The SMILES string of the molecule is C[C@@H]1CCc2c(sc(NC(=O)[C@@H](C)N3C(=O)c4ccccc4C3=O)c2C#N)C1. The zero-order valence-corrected chi connectivity index (χ0v) is 16.4. The molecule has 1 N–H and O–H groups in total. The van der Waals surface area contributed by atoms with E-state index in [-0.39, 0.29) is 0 Å². The second kappa shape index (κ2) is 6.88. The van der Waals surface area contributed by atoms with Crippen molar-refractivity contribution in [2.45, 2.75) is 39.2 Å². The number of nitrogens with one attached hydrogen (secondary N) is 1. The molecule has 0 saturated carbocycles. The molecule has 0 fully saturated rings. The number of nitrogens with zero attached hydrogens (tertiary/aromatic N) is 2. The molecule has 7 heteroatoms. The quantitative estimate of drug-likeness (QED) is 0.810. The maximum atomic E-state index is 12.8. The van der Waals surface area contributed by atoms with E-state index in [4.69, 9.17) is 0 Å². The summed E-state index contributed by atoms with van der Waals surface area (Å²) in [7, 11) is 0. The first kappa shape index (κ1) is 18.4. The number of anilines is 1. The summed E-state index contributed by atoms with van der Waals surface area (Å²) in [5.74, 6) is -0.859. The second-order valence-corrected chi connectivity index (χ2v) is 8.46. The average Bonchev–Trinajstić information content (AvgIpc) is 3.15. The molecule has 2 heterocycles. The average molecular weight is 393 g/mol. The lowest BCUT2D eigenvalue weighted by Gasteiger charge is -2.21. The monoisotopic (exact) mass is 393 g/mol. The van der Waals surface area contributed by atoms with Crippen LogP contribution in [0.2, 0.25) is 0 Å². The zero-order chi connectivity index (χ0) is 20.0. The minimum atomic E-state index is -0.975. The van der Waals surface area contributed by atoms with E-state index in [0.717, 1.165) is 34.6 Å². The van der Waals surface area contributed by atoms with Crippen molar-refractivity contribution in [2.24, 2.45) is 5.92 Å².